The first-order valence-electron chi connectivity index (χ1n) is 16.2. The van der Waals surface area contributed by atoms with E-state index < -0.39 is 15.5 Å². The van der Waals surface area contributed by atoms with Crippen molar-refractivity contribution in [2.45, 2.75) is 61.3 Å². The highest BCUT2D eigenvalue weighted by atomic mass is 35.6. The van der Waals surface area contributed by atoms with Crippen LogP contribution in [0.1, 0.15) is 60.9 Å². The Bertz CT molecular complexity index is 1500. The minimum atomic E-state index is -2.12. The first-order chi connectivity index (χ1) is 22.6. The molecule has 2 atom stereocenters. The van der Waals surface area contributed by atoms with E-state index >= 15 is 0 Å². The molecule has 1 saturated heterocycles. The lowest BCUT2D eigenvalue weighted by Gasteiger charge is -2.40. The molecule has 0 aromatic heterocycles. The number of hydrogen-bond acceptors (Lipinski definition) is 4. The van der Waals surface area contributed by atoms with Crippen molar-refractivity contribution in [3.05, 3.63) is 94.8 Å². The molecule has 2 amide bonds. The number of hydrogen-bond donors (Lipinski definition) is 0. The van der Waals surface area contributed by atoms with E-state index in [2.05, 4.69) is 4.90 Å². The molecule has 0 bridgehead atoms. The summed E-state index contributed by atoms with van der Waals surface area (Å²) in [5.74, 6) is -0.538. The van der Waals surface area contributed by atoms with Crippen molar-refractivity contribution in [2.24, 2.45) is 5.92 Å². The number of alkyl halides is 3. The van der Waals surface area contributed by atoms with Gasteiger partial charge in [0.05, 0.1) is 0 Å². The quantitative estimate of drug-likeness (QED) is 0.186. The number of ether oxygens (including phenoxy) is 1. The van der Waals surface area contributed by atoms with Gasteiger partial charge in [-0.05, 0) is 105 Å². The van der Waals surface area contributed by atoms with E-state index in [1.54, 1.807) is 21.9 Å². The van der Waals surface area contributed by atoms with E-state index in [0.29, 0.717) is 41.6 Å². The first kappa shape index (κ1) is 35.7. The smallest absolute Gasteiger partial charge is 0.275 e. The number of carbonyl (C=O) groups excluding carboxylic acids is 2. The zero-order valence-electron chi connectivity index (χ0n) is 26.2. The second-order valence-corrected chi connectivity index (χ2v) is 15.1. The predicted molar refractivity (Wildman–Crippen MR) is 188 cm³/mol. The molecule has 0 unspecified atom stereocenters. The Morgan fingerprint density at radius 3 is 2.38 bits per heavy atom. The average Bonchev–Trinajstić information content (AvgIpc) is 3.06. The zero-order valence-corrected chi connectivity index (χ0v) is 29.3. The Balaban J connectivity index is 1.35. The Labute approximate surface area is 296 Å². The predicted octanol–water partition coefficient (Wildman–Crippen LogP) is 8.95. The summed E-state index contributed by atoms with van der Waals surface area (Å²) in [7, 11) is 0. The van der Waals surface area contributed by atoms with Crippen molar-refractivity contribution < 1.29 is 18.7 Å². The molecular weight excluding hydrogens is 683 g/mol. The summed E-state index contributed by atoms with van der Waals surface area (Å²) in [5, 5.41) is 0.554. The van der Waals surface area contributed by atoms with Crippen molar-refractivity contribution >= 4 is 63.9 Å². The standard InChI is InChI=1S/C36H40Cl4FN3O3/c37-29-9-4-7-26(21-29)25-44(35(46)36(38,39)40)31-10-5-8-27(22-31)24-43(34(45)28-13-15-30(41)16-14-28)32-11-6-12-33(23-32)47-20-19-42-17-2-1-3-18-42/h4,6-7,9,11-16,21,23,27,31H,1-3,5,8,10,17-20,22,24-25H2/t27-,31+/m0/s1. The van der Waals surface area contributed by atoms with Gasteiger partial charge in [-0.2, -0.15) is 0 Å². The average molecular weight is 724 g/mol. The number of nitrogens with zero attached hydrogens (tertiary/aromatic N) is 3. The lowest BCUT2D eigenvalue weighted by molar-refractivity contribution is -0.134. The molecular formula is C36H40Cl4FN3O3. The summed E-state index contributed by atoms with van der Waals surface area (Å²) in [6.45, 7) is 4.21. The topological polar surface area (TPSA) is 53.1 Å². The van der Waals surface area contributed by atoms with Crippen LogP contribution >= 0.6 is 46.4 Å². The number of benzene rings is 3. The van der Waals surface area contributed by atoms with Crippen molar-refractivity contribution in [1.82, 2.24) is 9.80 Å². The van der Waals surface area contributed by atoms with E-state index in [9.17, 15) is 14.0 Å². The van der Waals surface area contributed by atoms with Gasteiger partial charge >= 0.3 is 0 Å². The summed E-state index contributed by atoms with van der Waals surface area (Å²) < 4.78 is 17.8. The van der Waals surface area contributed by atoms with Crippen LogP contribution in [0.4, 0.5) is 10.1 Å². The van der Waals surface area contributed by atoms with Crippen LogP contribution in [0, 0.1) is 11.7 Å². The zero-order chi connectivity index (χ0) is 33.4. The fourth-order valence-corrected chi connectivity index (χ4v) is 7.14. The number of anilines is 1. The van der Waals surface area contributed by atoms with Gasteiger partial charge in [-0.25, -0.2) is 4.39 Å². The van der Waals surface area contributed by atoms with E-state index in [0.717, 1.165) is 44.5 Å². The molecule has 1 aliphatic heterocycles. The maximum Gasteiger partial charge on any atom is 0.275 e. The molecule has 3 aromatic carbocycles. The monoisotopic (exact) mass is 721 g/mol. The van der Waals surface area contributed by atoms with E-state index in [1.165, 1.54) is 43.5 Å². The molecule has 0 N–H and O–H groups in total. The number of halogens is 5. The minimum absolute atomic E-state index is 0.0341. The van der Waals surface area contributed by atoms with Gasteiger partial charge in [0, 0.05) is 48.0 Å². The Kier molecular flexibility index (Phi) is 12.7. The molecule has 47 heavy (non-hydrogen) atoms. The van der Waals surface area contributed by atoms with Crippen LogP contribution in [-0.2, 0) is 11.3 Å². The third-order valence-electron chi connectivity index (χ3n) is 8.97. The molecule has 252 valence electrons. The summed E-state index contributed by atoms with van der Waals surface area (Å²) in [6.07, 6.45) is 6.73. The number of likely N-dealkylation sites (tertiary alicyclic amines) is 1. The molecule has 11 heteroatoms. The van der Waals surface area contributed by atoms with E-state index in [1.807, 2.05) is 36.4 Å². The van der Waals surface area contributed by atoms with E-state index in [4.69, 9.17) is 51.1 Å². The van der Waals surface area contributed by atoms with Gasteiger partial charge in [0.15, 0.2) is 0 Å². The minimum Gasteiger partial charge on any atom is -0.492 e. The Hall–Kier alpha value is -2.55. The van der Waals surface area contributed by atoms with Crippen LogP contribution < -0.4 is 9.64 Å². The molecule has 6 nitrogen and oxygen atoms in total. The maximum absolute atomic E-state index is 14.0. The summed E-state index contributed by atoms with van der Waals surface area (Å²) >= 11 is 24.6. The summed E-state index contributed by atoms with van der Waals surface area (Å²) in [4.78, 5) is 33.2. The van der Waals surface area contributed by atoms with Crippen LogP contribution in [0.15, 0.2) is 72.8 Å². The molecule has 3 aromatic rings. The van der Waals surface area contributed by atoms with Gasteiger partial charge in [0.1, 0.15) is 18.2 Å². The van der Waals surface area contributed by atoms with Gasteiger partial charge in [0.25, 0.3) is 15.6 Å². The van der Waals surface area contributed by atoms with Gasteiger partial charge in [-0.15, -0.1) is 0 Å². The van der Waals surface area contributed by atoms with Crippen LogP contribution in [0.2, 0.25) is 5.02 Å². The number of rotatable bonds is 11. The van der Waals surface area contributed by atoms with Crippen LogP contribution in [0.3, 0.4) is 0 Å². The van der Waals surface area contributed by atoms with E-state index in [-0.39, 0.29) is 24.4 Å². The highest BCUT2D eigenvalue weighted by Gasteiger charge is 2.40. The summed E-state index contributed by atoms with van der Waals surface area (Å²) in [5.41, 5.74) is 1.89. The Morgan fingerprint density at radius 1 is 0.915 bits per heavy atom. The molecule has 1 heterocycles. The van der Waals surface area contributed by atoms with Crippen LogP contribution in [0.25, 0.3) is 0 Å². The number of piperidine rings is 1. The van der Waals surface area contributed by atoms with Gasteiger partial charge in [0.2, 0.25) is 0 Å². The number of amides is 2. The van der Waals surface area contributed by atoms with Crippen molar-refractivity contribution in [3.8, 4) is 5.75 Å². The Morgan fingerprint density at radius 2 is 1.66 bits per heavy atom. The second-order valence-electron chi connectivity index (χ2n) is 12.4. The molecule has 2 aliphatic rings. The van der Waals surface area contributed by atoms with Crippen LogP contribution in [-0.4, -0.2) is 64.2 Å². The lowest BCUT2D eigenvalue weighted by Crippen LogP contribution is -2.48. The second kappa shape index (κ2) is 16.7. The van der Waals surface area contributed by atoms with Crippen LogP contribution in [0.5, 0.6) is 5.75 Å². The highest BCUT2D eigenvalue weighted by Crippen LogP contribution is 2.36. The SMILES string of the molecule is O=C(c1ccc(F)cc1)N(C[C@H]1CCC[C@@H](N(Cc2cccc(Cl)c2)C(=O)C(Cl)(Cl)Cl)C1)c1cccc(OCCN2CCCCC2)c1. The fraction of sp³-hybridized carbons (Fsp3) is 0.444. The van der Waals surface area contributed by atoms with Crippen molar-refractivity contribution in [3.63, 3.8) is 0 Å². The third-order valence-corrected chi connectivity index (χ3v) is 9.69. The molecule has 0 spiro atoms. The first-order valence-corrected chi connectivity index (χ1v) is 17.7. The largest absolute Gasteiger partial charge is 0.492 e. The molecule has 0 radical (unpaired) electrons. The third kappa shape index (κ3) is 10.2. The maximum atomic E-state index is 14.0. The van der Waals surface area contributed by atoms with Gasteiger partial charge in [-0.1, -0.05) is 77.4 Å². The molecule has 1 saturated carbocycles. The normalized spacial score (nSPS) is 18.8. The lowest BCUT2D eigenvalue weighted by atomic mass is 9.84. The fourth-order valence-electron chi connectivity index (χ4n) is 6.60. The summed E-state index contributed by atoms with van der Waals surface area (Å²) in [6, 6.07) is 20.2. The molecule has 1 aliphatic carbocycles. The van der Waals surface area contributed by atoms with Gasteiger partial charge in [-0.3, -0.25) is 14.5 Å². The molecule has 2 fully saturated rings. The van der Waals surface area contributed by atoms with Crippen molar-refractivity contribution in [1.29, 1.82) is 0 Å². The number of carbonyl (C=O) groups is 2. The highest BCUT2D eigenvalue weighted by molar-refractivity contribution is 6.76. The van der Waals surface area contributed by atoms with Crippen molar-refractivity contribution in [2.75, 3.05) is 37.7 Å². The molecule has 5 rings (SSSR count). The van der Waals surface area contributed by atoms with Gasteiger partial charge < -0.3 is 14.5 Å².